The Morgan fingerprint density at radius 3 is 1.96 bits per heavy atom. The highest BCUT2D eigenvalue weighted by molar-refractivity contribution is 6.30. The van der Waals surface area contributed by atoms with E-state index in [2.05, 4.69) is 12.1 Å². The first-order valence-electron chi connectivity index (χ1n) is 8.16. The van der Waals surface area contributed by atoms with E-state index >= 15 is 0 Å². The largest absolute Gasteiger partial charge is 0.478 e. The van der Waals surface area contributed by atoms with Crippen LogP contribution < -0.4 is 0 Å². The predicted octanol–water partition coefficient (Wildman–Crippen LogP) is 5.13. The molecule has 0 bridgehead atoms. The number of hydrogen-bond donors (Lipinski definition) is 2. The Morgan fingerprint density at radius 1 is 0.615 bits per heavy atom. The van der Waals surface area contributed by atoms with Crippen molar-refractivity contribution in [2.45, 2.75) is 0 Å². The van der Waals surface area contributed by atoms with Gasteiger partial charge in [0.15, 0.2) is 0 Å². The van der Waals surface area contributed by atoms with E-state index in [1.165, 1.54) is 6.07 Å². The van der Waals surface area contributed by atoms with Crippen molar-refractivity contribution in [3.05, 3.63) is 71.8 Å². The van der Waals surface area contributed by atoms with E-state index in [1.54, 1.807) is 12.1 Å². The minimum absolute atomic E-state index is 0.166. The van der Waals surface area contributed by atoms with Crippen LogP contribution in [0.5, 0.6) is 0 Å². The molecule has 0 fully saturated rings. The number of hydrogen-bond acceptors (Lipinski definition) is 2. The van der Waals surface area contributed by atoms with Crippen LogP contribution in [-0.2, 0) is 0 Å². The first-order chi connectivity index (χ1) is 12.6. The molecule has 0 aliphatic heterocycles. The third kappa shape index (κ3) is 1.78. The monoisotopic (exact) mass is 340 g/mol. The van der Waals surface area contributed by atoms with E-state index in [0.717, 1.165) is 37.7 Å². The fourth-order valence-corrected chi connectivity index (χ4v) is 4.02. The summed E-state index contributed by atoms with van der Waals surface area (Å²) in [6.07, 6.45) is 0. The molecule has 124 valence electrons. The summed E-state index contributed by atoms with van der Waals surface area (Å²) >= 11 is 0. The predicted molar refractivity (Wildman–Crippen MR) is 102 cm³/mol. The molecule has 0 saturated heterocycles. The SMILES string of the molecule is O=C(O)c1ccc2c(cc3ccc4cccc5ccc2c3c45)c1C(=O)O. The molecule has 2 N–H and O–H groups in total. The van der Waals surface area contributed by atoms with Crippen LogP contribution in [0.25, 0.3) is 43.1 Å². The number of aromatic carboxylic acids is 2. The highest BCUT2D eigenvalue weighted by Gasteiger charge is 2.21. The fraction of sp³-hybridized carbons (Fsp3) is 0. The molecule has 0 amide bonds. The van der Waals surface area contributed by atoms with Gasteiger partial charge in [0.25, 0.3) is 0 Å². The Bertz CT molecular complexity index is 1370. The minimum atomic E-state index is -1.24. The Labute approximate surface area is 147 Å². The molecule has 5 aromatic carbocycles. The zero-order chi connectivity index (χ0) is 18.0. The van der Waals surface area contributed by atoms with Crippen LogP contribution in [0.3, 0.4) is 0 Å². The van der Waals surface area contributed by atoms with Crippen molar-refractivity contribution in [1.29, 1.82) is 0 Å². The molecule has 0 aliphatic rings. The number of carboxylic acid groups (broad SMARTS) is 2. The van der Waals surface area contributed by atoms with E-state index in [0.29, 0.717) is 5.39 Å². The molecule has 0 spiro atoms. The summed E-state index contributed by atoms with van der Waals surface area (Å²) in [5, 5.41) is 26.5. The normalized spacial score (nSPS) is 11.7. The number of rotatable bonds is 2. The zero-order valence-corrected chi connectivity index (χ0v) is 13.5. The first kappa shape index (κ1) is 14.7. The average Bonchev–Trinajstić information content (AvgIpc) is 2.64. The van der Waals surface area contributed by atoms with Crippen LogP contribution in [0.1, 0.15) is 20.7 Å². The molecule has 0 aromatic heterocycles. The van der Waals surface area contributed by atoms with Crippen LogP contribution in [0.15, 0.2) is 60.7 Å². The lowest BCUT2D eigenvalue weighted by molar-refractivity contribution is 0.0653. The lowest BCUT2D eigenvalue weighted by Crippen LogP contribution is -2.08. The quantitative estimate of drug-likeness (QED) is 0.345. The van der Waals surface area contributed by atoms with E-state index in [1.807, 2.05) is 30.3 Å². The van der Waals surface area contributed by atoms with Crippen molar-refractivity contribution in [1.82, 2.24) is 0 Å². The second-order valence-electron chi connectivity index (χ2n) is 6.43. The van der Waals surface area contributed by atoms with Gasteiger partial charge in [0.05, 0.1) is 11.1 Å². The van der Waals surface area contributed by atoms with Gasteiger partial charge >= 0.3 is 11.9 Å². The van der Waals surface area contributed by atoms with Gasteiger partial charge in [0.2, 0.25) is 0 Å². The van der Waals surface area contributed by atoms with Crippen molar-refractivity contribution >= 4 is 55.0 Å². The van der Waals surface area contributed by atoms with Gasteiger partial charge in [-0.1, -0.05) is 48.5 Å². The summed E-state index contributed by atoms with van der Waals surface area (Å²) in [5.74, 6) is -2.48. The van der Waals surface area contributed by atoms with Crippen LogP contribution in [0.2, 0.25) is 0 Å². The van der Waals surface area contributed by atoms with Crippen LogP contribution in [0.4, 0.5) is 0 Å². The van der Waals surface area contributed by atoms with E-state index in [9.17, 15) is 19.8 Å². The van der Waals surface area contributed by atoms with E-state index < -0.39 is 11.9 Å². The second kappa shape index (κ2) is 4.92. The highest BCUT2D eigenvalue weighted by atomic mass is 16.4. The van der Waals surface area contributed by atoms with Gasteiger partial charge in [0, 0.05) is 0 Å². The minimum Gasteiger partial charge on any atom is -0.478 e. The third-order valence-corrected chi connectivity index (χ3v) is 5.09. The molecular weight excluding hydrogens is 328 g/mol. The summed E-state index contributed by atoms with van der Waals surface area (Å²) in [7, 11) is 0. The summed E-state index contributed by atoms with van der Waals surface area (Å²) in [5.41, 5.74) is -0.363. The van der Waals surface area contributed by atoms with Crippen molar-refractivity contribution in [3.63, 3.8) is 0 Å². The molecule has 5 aromatic rings. The molecule has 0 unspecified atom stereocenters. The maximum Gasteiger partial charge on any atom is 0.337 e. The molecular formula is C22H12O4. The second-order valence-corrected chi connectivity index (χ2v) is 6.43. The van der Waals surface area contributed by atoms with Gasteiger partial charge < -0.3 is 10.2 Å². The van der Waals surface area contributed by atoms with Crippen LogP contribution >= 0.6 is 0 Å². The summed E-state index contributed by atoms with van der Waals surface area (Å²) in [6, 6.07) is 19.0. The standard InChI is InChI=1S/C22H12O4/c23-21(24)16-9-8-14-15-7-6-12-3-1-2-11-4-5-13(19(15)18(11)12)10-17(14)20(16)22(25)26/h1-10H,(H,23,24)(H,25,26). The lowest BCUT2D eigenvalue weighted by atomic mass is 9.88. The summed E-state index contributed by atoms with van der Waals surface area (Å²) in [4.78, 5) is 23.3. The van der Waals surface area contributed by atoms with E-state index in [4.69, 9.17) is 0 Å². The summed E-state index contributed by atoms with van der Waals surface area (Å²) in [6.45, 7) is 0. The maximum atomic E-state index is 11.8. The number of fused-ring (bicyclic) bond motifs is 2. The van der Waals surface area contributed by atoms with Gasteiger partial charge in [-0.2, -0.15) is 0 Å². The zero-order valence-electron chi connectivity index (χ0n) is 13.5. The highest BCUT2D eigenvalue weighted by Crippen LogP contribution is 2.39. The van der Waals surface area contributed by atoms with E-state index in [-0.39, 0.29) is 11.1 Å². The van der Waals surface area contributed by atoms with Gasteiger partial charge in [-0.05, 0) is 55.2 Å². The molecule has 0 heterocycles. The van der Waals surface area contributed by atoms with Crippen molar-refractivity contribution in [2.24, 2.45) is 0 Å². The number of carboxylic acids is 2. The van der Waals surface area contributed by atoms with Gasteiger partial charge in [0.1, 0.15) is 0 Å². The molecule has 4 nitrogen and oxygen atoms in total. The Kier molecular flexibility index (Phi) is 2.78. The Hall–Kier alpha value is -3.66. The van der Waals surface area contributed by atoms with Gasteiger partial charge in [-0.15, -0.1) is 0 Å². The smallest absolute Gasteiger partial charge is 0.337 e. The molecule has 26 heavy (non-hydrogen) atoms. The average molecular weight is 340 g/mol. The Morgan fingerprint density at radius 2 is 1.27 bits per heavy atom. The fourth-order valence-electron chi connectivity index (χ4n) is 4.02. The molecule has 0 radical (unpaired) electrons. The van der Waals surface area contributed by atoms with Crippen molar-refractivity contribution < 1.29 is 19.8 Å². The Balaban J connectivity index is 2.09. The number of carbonyl (C=O) groups is 2. The first-order valence-corrected chi connectivity index (χ1v) is 8.16. The topological polar surface area (TPSA) is 74.6 Å². The van der Waals surface area contributed by atoms with Crippen molar-refractivity contribution in [3.8, 4) is 0 Å². The van der Waals surface area contributed by atoms with Crippen LogP contribution in [0, 0.1) is 0 Å². The number of benzene rings is 5. The maximum absolute atomic E-state index is 11.8. The molecule has 0 saturated carbocycles. The van der Waals surface area contributed by atoms with Crippen molar-refractivity contribution in [2.75, 3.05) is 0 Å². The van der Waals surface area contributed by atoms with Gasteiger partial charge in [-0.3, -0.25) is 0 Å². The van der Waals surface area contributed by atoms with Gasteiger partial charge in [-0.25, -0.2) is 9.59 Å². The molecule has 5 rings (SSSR count). The summed E-state index contributed by atoms with van der Waals surface area (Å²) < 4.78 is 0. The molecule has 0 atom stereocenters. The third-order valence-electron chi connectivity index (χ3n) is 5.09. The molecule has 0 aliphatic carbocycles. The molecule has 4 heteroatoms. The van der Waals surface area contributed by atoms with Crippen LogP contribution in [-0.4, -0.2) is 22.2 Å². The lowest BCUT2D eigenvalue weighted by Gasteiger charge is -2.15.